The summed E-state index contributed by atoms with van der Waals surface area (Å²) in [5.41, 5.74) is 2.03. The number of nitrogens with one attached hydrogen (secondary N) is 2. The Balaban J connectivity index is 1.62. The normalized spacial score (nSPS) is 10.4. The largest absolute Gasteiger partial charge is 0.467 e. The van der Waals surface area contributed by atoms with Gasteiger partial charge >= 0.3 is 0 Å². The lowest BCUT2D eigenvalue weighted by molar-refractivity contribution is 0.0942. The maximum absolute atomic E-state index is 12.0. The Bertz CT molecular complexity index is 832. The minimum Gasteiger partial charge on any atom is -0.467 e. The summed E-state index contributed by atoms with van der Waals surface area (Å²) in [6.45, 7) is 2.23. The van der Waals surface area contributed by atoms with E-state index in [0.717, 1.165) is 11.3 Å². The number of aryl methyl sites for hydroxylation is 1. The van der Waals surface area contributed by atoms with Crippen LogP contribution in [0, 0.1) is 6.92 Å². The summed E-state index contributed by atoms with van der Waals surface area (Å²) < 4.78 is 5.15. The van der Waals surface area contributed by atoms with E-state index in [-0.39, 0.29) is 11.6 Å². The molecule has 2 N–H and O–H groups in total. The molecule has 1 amide bonds. The molecule has 7 heteroatoms. The maximum Gasteiger partial charge on any atom is 0.272 e. The Morgan fingerprint density at radius 1 is 1.21 bits per heavy atom. The topological polar surface area (TPSA) is 80.0 Å². The van der Waals surface area contributed by atoms with Gasteiger partial charge in [-0.05, 0) is 48.9 Å². The van der Waals surface area contributed by atoms with Crippen molar-refractivity contribution in [2.24, 2.45) is 0 Å². The van der Waals surface area contributed by atoms with Crippen LogP contribution < -0.4 is 10.6 Å². The molecule has 0 saturated heterocycles. The Kier molecular flexibility index (Phi) is 4.77. The standard InChI is InChI=1S/C17H15ClN4O2/c1-11-4-5-12(9-14(11)18)20-16-7-6-15(21-22-16)17(23)19-10-13-3-2-8-24-13/h2-9H,10H2,1H3,(H,19,23)(H,20,22). The van der Waals surface area contributed by atoms with Crippen molar-refractivity contribution in [2.75, 3.05) is 5.32 Å². The lowest BCUT2D eigenvalue weighted by Crippen LogP contribution is -2.23. The maximum atomic E-state index is 12.0. The molecule has 0 unspecified atom stereocenters. The molecule has 24 heavy (non-hydrogen) atoms. The number of benzene rings is 1. The SMILES string of the molecule is Cc1ccc(Nc2ccc(C(=O)NCc3ccco3)nn2)cc1Cl. The number of halogens is 1. The van der Waals surface area contributed by atoms with E-state index in [2.05, 4.69) is 20.8 Å². The van der Waals surface area contributed by atoms with Crippen LogP contribution in [0.3, 0.4) is 0 Å². The third-order valence-corrected chi connectivity index (χ3v) is 3.75. The van der Waals surface area contributed by atoms with E-state index in [1.54, 1.807) is 30.5 Å². The fourth-order valence-electron chi connectivity index (χ4n) is 2.01. The van der Waals surface area contributed by atoms with Gasteiger partial charge < -0.3 is 15.1 Å². The lowest BCUT2D eigenvalue weighted by atomic mass is 10.2. The Morgan fingerprint density at radius 2 is 2.08 bits per heavy atom. The summed E-state index contributed by atoms with van der Waals surface area (Å²) in [5.74, 6) is 0.882. The summed E-state index contributed by atoms with van der Waals surface area (Å²) in [6.07, 6.45) is 1.55. The molecule has 0 atom stereocenters. The molecule has 2 aromatic heterocycles. The second-order valence-electron chi connectivity index (χ2n) is 5.15. The molecule has 6 nitrogen and oxygen atoms in total. The molecule has 0 aliphatic rings. The Morgan fingerprint density at radius 3 is 2.75 bits per heavy atom. The monoisotopic (exact) mass is 342 g/mol. The van der Waals surface area contributed by atoms with E-state index in [4.69, 9.17) is 16.0 Å². The molecule has 0 aliphatic carbocycles. The first-order valence-corrected chi connectivity index (χ1v) is 7.67. The number of amides is 1. The molecule has 0 radical (unpaired) electrons. The molecular formula is C17H15ClN4O2. The van der Waals surface area contributed by atoms with Crippen LogP contribution in [0.5, 0.6) is 0 Å². The molecule has 0 spiro atoms. The molecule has 3 rings (SSSR count). The highest BCUT2D eigenvalue weighted by molar-refractivity contribution is 6.31. The van der Waals surface area contributed by atoms with Crippen molar-refractivity contribution >= 4 is 29.0 Å². The molecule has 122 valence electrons. The molecule has 0 aliphatic heterocycles. The highest BCUT2D eigenvalue weighted by Gasteiger charge is 2.09. The highest BCUT2D eigenvalue weighted by atomic mass is 35.5. The van der Waals surface area contributed by atoms with E-state index < -0.39 is 0 Å². The van der Waals surface area contributed by atoms with Gasteiger partial charge in [-0.25, -0.2) is 0 Å². The van der Waals surface area contributed by atoms with Gasteiger partial charge in [0.15, 0.2) is 11.5 Å². The van der Waals surface area contributed by atoms with E-state index in [1.807, 2.05) is 25.1 Å². The molecule has 0 bridgehead atoms. The zero-order chi connectivity index (χ0) is 16.9. The number of hydrogen-bond acceptors (Lipinski definition) is 5. The molecule has 0 saturated carbocycles. The summed E-state index contributed by atoms with van der Waals surface area (Å²) in [4.78, 5) is 12.0. The van der Waals surface area contributed by atoms with Gasteiger partial charge in [-0.3, -0.25) is 4.79 Å². The average molecular weight is 343 g/mol. The van der Waals surface area contributed by atoms with E-state index >= 15 is 0 Å². The smallest absolute Gasteiger partial charge is 0.272 e. The van der Waals surface area contributed by atoms with Crippen LogP contribution in [0.25, 0.3) is 0 Å². The third-order valence-electron chi connectivity index (χ3n) is 3.34. The number of aromatic nitrogens is 2. The van der Waals surface area contributed by atoms with Crippen molar-refractivity contribution in [3.63, 3.8) is 0 Å². The second-order valence-corrected chi connectivity index (χ2v) is 5.56. The quantitative estimate of drug-likeness (QED) is 0.739. The van der Waals surface area contributed by atoms with Crippen molar-refractivity contribution in [1.82, 2.24) is 15.5 Å². The van der Waals surface area contributed by atoms with Crippen LogP contribution in [0.1, 0.15) is 21.8 Å². The van der Waals surface area contributed by atoms with Crippen LogP contribution in [-0.2, 0) is 6.54 Å². The van der Waals surface area contributed by atoms with E-state index in [1.165, 1.54) is 0 Å². The van der Waals surface area contributed by atoms with Crippen LogP contribution in [-0.4, -0.2) is 16.1 Å². The van der Waals surface area contributed by atoms with Gasteiger partial charge in [-0.15, -0.1) is 10.2 Å². The lowest BCUT2D eigenvalue weighted by Gasteiger charge is -2.07. The third kappa shape index (κ3) is 3.91. The first-order valence-electron chi connectivity index (χ1n) is 7.29. The number of carbonyl (C=O) groups is 1. The summed E-state index contributed by atoms with van der Waals surface area (Å²) in [5, 5.41) is 14.4. The molecule has 0 fully saturated rings. The van der Waals surface area contributed by atoms with Crippen molar-refractivity contribution < 1.29 is 9.21 Å². The number of carbonyl (C=O) groups excluding carboxylic acids is 1. The van der Waals surface area contributed by atoms with Crippen LogP contribution in [0.15, 0.2) is 53.1 Å². The van der Waals surface area contributed by atoms with Gasteiger partial charge in [0.05, 0.1) is 12.8 Å². The van der Waals surface area contributed by atoms with Crippen LogP contribution in [0.4, 0.5) is 11.5 Å². The Labute approximate surface area is 143 Å². The van der Waals surface area contributed by atoms with Crippen molar-refractivity contribution in [3.05, 3.63) is 70.8 Å². The predicted molar refractivity (Wildman–Crippen MR) is 91.4 cm³/mol. The first kappa shape index (κ1) is 16.0. The van der Waals surface area contributed by atoms with Gasteiger partial charge in [0, 0.05) is 10.7 Å². The number of anilines is 2. The predicted octanol–water partition coefficient (Wildman–Crippen LogP) is 3.71. The zero-order valence-electron chi connectivity index (χ0n) is 12.9. The summed E-state index contributed by atoms with van der Waals surface area (Å²) in [6, 6.07) is 12.4. The second kappa shape index (κ2) is 7.14. The molecule has 1 aromatic carbocycles. The minimum absolute atomic E-state index is 0.231. The van der Waals surface area contributed by atoms with Gasteiger partial charge in [-0.1, -0.05) is 17.7 Å². The molecule has 2 heterocycles. The minimum atomic E-state index is -0.316. The van der Waals surface area contributed by atoms with Crippen LogP contribution in [0.2, 0.25) is 5.02 Å². The fourth-order valence-corrected chi connectivity index (χ4v) is 2.19. The van der Waals surface area contributed by atoms with Crippen molar-refractivity contribution in [2.45, 2.75) is 13.5 Å². The van der Waals surface area contributed by atoms with Crippen molar-refractivity contribution in [1.29, 1.82) is 0 Å². The van der Waals surface area contributed by atoms with Crippen molar-refractivity contribution in [3.8, 4) is 0 Å². The number of hydrogen-bond donors (Lipinski definition) is 2. The number of rotatable bonds is 5. The number of nitrogens with zero attached hydrogens (tertiary/aromatic N) is 2. The van der Waals surface area contributed by atoms with E-state index in [9.17, 15) is 4.79 Å². The van der Waals surface area contributed by atoms with E-state index in [0.29, 0.717) is 23.1 Å². The Hall–Kier alpha value is -2.86. The van der Waals surface area contributed by atoms with Gasteiger partial charge in [0.2, 0.25) is 0 Å². The summed E-state index contributed by atoms with van der Waals surface area (Å²) >= 11 is 6.09. The van der Waals surface area contributed by atoms with Gasteiger partial charge in [0.1, 0.15) is 5.76 Å². The van der Waals surface area contributed by atoms with Gasteiger partial charge in [-0.2, -0.15) is 0 Å². The highest BCUT2D eigenvalue weighted by Crippen LogP contribution is 2.22. The first-order chi connectivity index (χ1) is 11.6. The van der Waals surface area contributed by atoms with Gasteiger partial charge in [0.25, 0.3) is 5.91 Å². The van der Waals surface area contributed by atoms with Crippen LogP contribution >= 0.6 is 11.6 Å². The molecular weight excluding hydrogens is 328 g/mol. The number of furan rings is 1. The zero-order valence-corrected chi connectivity index (χ0v) is 13.7. The summed E-state index contributed by atoms with van der Waals surface area (Å²) in [7, 11) is 0. The average Bonchev–Trinajstić information content (AvgIpc) is 3.10. The fraction of sp³-hybridized carbons (Fsp3) is 0.118. The molecule has 3 aromatic rings.